The minimum atomic E-state index is -0.623. The van der Waals surface area contributed by atoms with Crippen LogP contribution in [0.4, 0.5) is 0 Å². The van der Waals surface area contributed by atoms with E-state index in [1.807, 2.05) is 13.8 Å². The van der Waals surface area contributed by atoms with Gasteiger partial charge in [0.05, 0.1) is 6.61 Å². The van der Waals surface area contributed by atoms with Crippen LogP contribution >= 0.6 is 0 Å². The van der Waals surface area contributed by atoms with Gasteiger partial charge in [-0.2, -0.15) is 0 Å². The van der Waals surface area contributed by atoms with Gasteiger partial charge in [-0.05, 0) is 47.6 Å². The Morgan fingerprint density at radius 3 is 2.47 bits per heavy atom. The number of carbonyl (C=O) groups excluding carboxylic acids is 1. The van der Waals surface area contributed by atoms with E-state index in [0.717, 1.165) is 0 Å². The van der Waals surface area contributed by atoms with Crippen molar-refractivity contribution in [2.24, 2.45) is 0 Å². The normalized spacial score (nSPS) is 19.9. The molecule has 0 heterocycles. The molecular formula is C15H30N2O2. The van der Waals surface area contributed by atoms with Gasteiger partial charge in [0.1, 0.15) is 5.54 Å². The lowest BCUT2D eigenvalue weighted by molar-refractivity contribution is -0.151. The maximum atomic E-state index is 12.2. The van der Waals surface area contributed by atoms with Crippen LogP contribution in [0.5, 0.6) is 0 Å². The lowest BCUT2D eigenvalue weighted by Gasteiger charge is -2.36. The molecule has 0 saturated heterocycles. The first-order valence-electron chi connectivity index (χ1n) is 7.54. The molecule has 0 amide bonds. The van der Waals surface area contributed by atoms with Crippen LogP contribution in [0.1, 0.15) is 53.4 Å². The molecule has 1 fully saturated rings. The summed E-state index contributed by atoms with van der Waals surface area (Å²) in [6.07, 6.45) is 5.11. The second-order valence-electron chi connectivity index (χ2n) is 6.21. The van der Waals surface area contributed by atoms with Crippen LogP contribution in [0.3, 0.4) is 0 Å². The van der Waals surface area contributed by atoms with Crippen molar-refractivity contribution in [1.29, 1.82) is 0 Å². The van der Waals surface area contributed by atoms with Crippen molar-refractivity contribution >= 4 is 5.97 Å². The van der Waals surface area contributed by atoms with Crippen LogP contribution in [0.25, 0.3) is 0 Å². The predicted octanol–water partition coefficient (Wildman–Crippen LogP) is 2.18. The monoisotopic (exact) mass is 270 g/mol. The molecule has 0 aromatic rings. The highest BCUT2D eigenvalue weighted by Gasteiger charge is 2.37. The summed E-state index contributed by atoms with van der Waals surface area (Å²) < 4.78 is 5.24. The van der Waals surface area contributed by atoms with Gasteiger partial charge >= 0.3 is 5.97 Å². The van der Waals surface area contributed by atoms with Gasteiger partial charge in [0.25, 0.3) is 0 Å². The molecule has 1 aliphatic carbocycles. The van der Waals surface area contributed by atoms with Crippen LogP contribution in [0, 0.1) is 0 Å². The molecular weight excluding hydrogens is 240 g/mol. The van der Waals surface area contributed by atoms with Crippen LogP contribution < -0.4 is 5.32 Å². The molecule has 4 heteroatoms. The molecule has 0 aromatic heterocycles. The predicted molar refractivity (Wildman–Crippen MR) is 78.2 cm³/mol. The van der Waals surface area contributed by atoms with E-state index in [1.165, 1.54) is 25.7 Å². The first-order chi connectivity index (χ1) is 8.89. The number of likely N-dealkylation sites (N-methyl/N-ethyl adjacent to an activating group) is 1. The molecule has 1 N–H and O–H groups in total. The fourth-order valence-corrected chi connectivity index (χ4v) is 3.07. The smallest absolute Gasteiger partial charge is 0.327 e. The van der Waals surface area contributed by atoms with E-state index in [1.54, 1.807) is 0 Å². The van der Waals surface area contributed by atoms with Crippen molar-refractivity contribution in [2.45, 2.75) is 71.0 Å². The van der Waals surface area contributed by atoms with Crippen LogP contribution in [-0.4, -0.2) is 48.7 Å². The first-order valence-corrected chi connectivity index (χ1v) is 7.54. The van der Waals surface area contributed by atoms with Gasteiger partial charge in [0, 0.05) is 18.6 Å². The lowest BCUT2D eigenvalue weighted by Crippen LogP contribution is -2.60. The molecule has 0 bridgehead atoms. The van der Waals surface area contributed by atoms with E-state index in [2.05, 4.69) is 31.1 Å². The first kappa shape index (κ1) is 16.4. The molecule has 1 unspecified atom stereocenters. The van der Waals surface area contributed by atoms with Crippen molar-refractivity contribution in [3.05, 3.63) is 0 Å². The van der Waals surface area contributed by atoms with Crippen LogP contribution in [0.15, 0.2) is 0 Å². The van der Waals surface area contributed by atoms with Crippen molar-refractivity contribution in [3.63, 3.8) is 0 Å². The van der Waals surface area contributed by atoms with Crippen LogP contribution in [-0.2, 0) is 9.53 Å². The number of ether oxygens (including phenoxy) is 1. The fourth-order valence-electron chi connectivity index (χ4n) is 3.07. The minimum Gasteiger partial charge on any atom is -0.465 e. The van der Waals surface area contributed by atoms with Gasteiger partial charge in [0.2, 0.25) is 0 Å². The van der Waals surface area contributed by atoms with Crippen LogP contribution in [0.2, 0.25) is 0 Å². The third kappa shape index (κ3) is 4.77. The number of carbonyl (C=O) groups is 1. The number of hydrogen-bond acceptors (Lipinski definition) is 4. The van der Waals surface area contributed by atoms with E-state index in [-0.39, 0.29) is 12.0 Å². The van der Waals surface area contributed by atoms with E-state index in [9.17, 15) is 4.79 Å². The number of nitrogens with zero attached hydrogens (tertiary/aromatic N) is 1. The summed E-state index contributed by atoms with van der Waals surface area (Å²) in [6, 6.07) is 0.870. The Balaban J connectivity index is 2.69. The Bertz CT molecular complexity index is 288. The zero-order valence-corrected chi connectivity index (χ0v) is 13.2. The Kier molecular flexibility index (Phi) is 6.27. The van der Waals surface area contributed by atoms with E-state index in [0.29, 0.717) is 19.2 Å². The Labute approximate surface area is 117 Å². The number of rotatable bonds is 7. The van der Waals surface area contributed by atoms with Gasteiger partial charge in [-0.3, -0.25) is 10.1 Å². The van der Waals surface area contributed by atoms with E-state index in [4.69, 9.17) is 4.74 Å². The summed E-state index contributed by atoms with van der Waals surface area (Å²) in [5.74, 6) is -0.145. The average molecular weight is 270 g/mol. The highest BCUT2D eigenvalue weighted by atomic mass is 16.5. The summed E-state index contributed by atoms with van der Waals surface area (Å²) in [5, 5.41) is 3.38. The van der Waals surface area contributed by atoms with Gasteiger partial charge in [-0.25, -0.2) is 0 Å². The number of nitrogens with one attached hydrogen (secondary N) is 1. The van der Waals surface area contributed by atoms with Gasteiger partial charge in [-0.15, -0.1) is 0 Å². The van der Waals surface area contributed by atoms with Crippen molar-refractivity contribution in [1.82, 2.24) is 10.2 Å². The lowest BCUT2D eigenvalue weighted by atomic mass is 9.99. The molecule has 1 saturated carbocycles. The zero-order valence-electron chi connectivity index (χ0n) is 13.2. The molecule has 1 atom stereocenters. The molecule has 0 radical (unpaired) electrons. The second kappa shape index (κ2) is 7.25. The van der Waals surface area contributed by atoms with Crippen molar-refractivity contribution < 1.29 is 9.53 Å². The van der Waals surface area contributed by atoms with E-state index >= 15 is 0 Å². The minimum absolute atomic E-state index is 0.145. The van der Waals surface area contributed by atoms with E-state index < -0.39 is 5.54 Å². The molecule has 112 valence electrons. The maximum Gasteiger partial charge on any atom is 0.327 e. The quantitative estimate of drug-likeness (QED) is 0.720. The van der Waals surface area contributed by atoms with Crippen molar-refractivity contribution in [3.8, 4) is 0 Å². The highest BCUT2D eigenvalue weighted by Crippen LogP contribution is 2.24. The molecule has 0 aromatic carbocycles. The summed E-state index contributed by atoms with van der Waals surface area (Å²) in [5.41, 5.74) is -0.623. The largest absolute Gasteiger partial charge is 0.465 e. The summed E-state index contributed by atoms with van der Waals surface area (Å²) in [7, 11) is 2.12. The summed E-state index contributed by atoms with van der Waals surface area (Å²) in [6.45, 7) is 9.07. The SMILES string of the molecule is CCOC(=O)C(C)(CN(C)C1CCCC1)NC(C)C. The topological polar surface area (TPSA) is 41.6 Å². The third-order valence-corrected chi connectivity index (χ3v) is 3.85. The standard InChI is InChI=1S/C15H30N2O2/c1-6-19-14(18)15(4,16-12(2)3)11-17(5)13-9-7-8-10-13/h12-13,16H,6-11H2,1-5H3. The Morgan fingerprint density at radius 2 is 2.00 bits per heavy atom. The van der Waals surface area contributed by atoms with Gasteiger partial charge in [0.15, 0.2) is 0 Å². The zero-order chi connectivity index (χ0) is 14.5. The number of esters is 1. The van der Waals surface area contributed by atoms with Gasteiger partial charge < -0.3 is 9.64 Å². The molecule has 1 aliphatic rings. The highest BCUT2D eigenvalue weighted by molar-refractivity contribution is 5.80. The maximum absolute atomic E-state index is 12.2. The summed E-state index contributed by atoms with van der Waals surface area (Å²) >= 11 is 0. The molecule has 0 aliphatic heterocycles. The number of hydrogen-bond donors (Lipinski definition) is 1. The third-order valence-electron chi connectivity index (χ3n) is 3.85. The fraction of sp³-hybridized carbons (Fsp3) is 0.933. The summed E-state index contributed by atoms with van der Waals surface area (Å²) in [4.78, 5) is 14.6. The second-order valence-corrected chi connectivity index (χ2v) is 6.21. The van der Waals surface area contributed by atoms with Gasteiger partial charge in [-0.1, -0.05) is 12.8 Å². The van der Waals surface area contributed by atoms with Crippen molar-refractivity contribution in [2.75, 3.05) is 20.2 Å². The Hall–Kier alpha value is -0.610. The molecule has 1 rings (SSSR count). The molecule has 19 heavy (non-hydrogen) atoms. The molecule has 0 spiro atoms. The molecule has 4 nitrogen and oxygen atoms in total. The average Bonchev–Trinajstić information content (AvgIpc) is 2.81. The Morgan fingerprint density at radius 1 is 1.42 bits per heavy atom.